The second-order valence-corrected chi connectivity index (χ2v) is 6.68. The predicted molar refractivity (Wildman–Crippen MR) is 82.3 cm³/mol. The average molecular weight is 267 g/mol. The van der Waals surface area contributed by atoms with Gasteiger partial charge in [-0.1, -0.05) is 26.7 Å². The first-order valence-corrected chi connectivity index (χ1v) is 8.42. The Hall–Kier alpha value is -0.120. The Kier molecular flexibility index (Phi) is 6.11. The lowest BCUT2D eigenvalue weighted by atomic mass is 9.96. The Morgan fingerprint density at radius 1 is 1.05 bits per heavy atom. The molecule has 2 aliphatic rings. The lowest BCUT2D eigenvalue weighted by Crippen LogP contribution is -2.49. The molecule has 2 atom stereocenters. The smallest absolute Gasteiger partial charge is 0.0193 e. The van der Waals surface area contributed by atoms with Crippen molar-refractivity contribution in [3.05, 3.63) is 0 Å². The van der Waals surface area contributed by atoms with E-state index in [-0.39, 0.29) is 0 Å². The zero-order valence-corrected chi connectivity index (χ0v) is 13.0. The lowest BCUT2D eigenvalue weighted by Gasteiger charge is -2.41. The lowest BCUT2D eigenvalue weighted by molar-refractivity contribution is 0.0872. The molecule has 0 bridgehead atoms. The van der Waals surface area contributed by atoms with E-state index in [1.165, 1.54) is 64.7 Å². The van der Waals surface area contributed by atoms with Crippen LogP contribution in [0.2, 0.25) is 0 Å². The number of hydrogen-bond donors (Lipinski definition) is 1. The molecule has 2 N–H and O–H groups in total. The van der Waals surface area contributed by atoms with Crippen molar-refractivity contribution in [2.24, 2.45) is 11.7 Å². The molecule has 0 aromatic rings. The number of rotatable bonds is 5. The van der Waals surface area contributed by atoms with Gasteiger partial charge in [-0.15, -0.1) is 0 Å². The maximum Gasteiger partial charge on any atom is 0.0193 e. The van der Waals surface area contributed by atoms with Crippen molar-refractivity contribution < 1.29 is 0 Å². The fourth-order valence-corrected chi connectivity index (χ4v) is 3.53. The Balaban J connectivity index is 1.70. The van der Waals surface area contributed by atoms with Gasteiger partial charge in [0, 0.05) is 18.6 Å². The summed E-state index contributed by atoms with van der Waals surface area (Å²) in [6.45, 7) is 10.8. The van der Waals surface area contributed by atoms with Crippen LogP contribution < -0.4 is 5.73 Å². The SMILES string of the molecule is CCC(C)C(N)CN1CCC(N2CCCCC2)CC1. The molecule has 2 heterocycles. The van der Waals surface area contributed by atoms with Crippen LogP contribution in [-0.4, -0.2) is 54.6 Å². The van der Waals surface area contributed by atoms with E-state index in [1.54, 1.807) is 0 Å². The number of nitrogens with zero attached hydrogens (tertiary/aromatic N) is 2. The normalized spacial score (nSPS) is 27.3. The van der Waals surface area contributed by atoms with Gasteiger partial charge < -0.3 is 15.5 Å². The first-order valence-electron chi connectivity index (χ1n) is 8.42. The summed E-state index contributed by atoms with van der Waals surface area (Å²) in [7, 11) is 0. The predicted octanol–water partition coefficient (Wildman–Crippen LogP) is 2.31. The van der Waals surface area contributed by atoms with E-state index in [1.807, 2.05) is 0 Å². The molecule has 2 fully saturated rings. The van der Waals surface area contributed by atoms with Crippen molar-refractivity contribution in [2.45, 2.75) is 64.5 Å². The number of piperidine rings is 2. The van der Waals surface area contributed by atoms with E-state index < -0.39 is 0 Å². The van der Waals surface area contributed by atoms with Gasteiger partial charge in [0.05, 0.1) is 0 Å². The summed E-state index contributed by atoms with van der Waals surface area (Å²) in [5.41, 5.74) is 6.28. The molecule has 2 saturated heterocycles. The summed E-state index contributed by atoms with van der Waals surface area (Å²) < 4.78 is 0. The molecule has 2 unspecified atom stereocenters. The first-order chi connectivity index (χ1) is 9.20. The molecule has 0 radical (unpaired) electrons. The summed E-state index contributed by atoms with van der Waals surface area (Å²) in [6.07, 6.45) is 8.18. The fourth-order valence-electron chi connectivity index (χ4n) is 3.53. The van der Waals surface area contributed by atoms with Crippen LogP contribution in [0.5, 0.6) is 0 Å². The van der Waals surface area contributed by atoms with Crippen LogP contribution in [0.25, 0.3) is 0 Å². The molecule has 0 saturated carbocycles. The zero-order chi connectivity index (χ0) is 13.7. The Labute approximate surface area is 119 Å². The molecule has 2 rings (SSSR count). The standard InChI is InChI=1S/C16H33N3/c1-3-14(2)16(17)13-18-11-7-15(8-12-18)19-9-5-4-6-10-19/h14-16H,3-13,17H2,1-2H3. The highest BCUT2D eigenvalue weighted by Crippen LogP contribution is 2.21. The number of hydrogen-bond acceptors (Lipinski definition) is 3. The monoisotopic (exact) mass is 267 g/mol. The summed E-state index contributed by atoms with van der Waals surface area (Å²) in [6, 6.07) is 1.22. The Bertz CT molecular complexity index is 242. The maximum absolute atomic E-state index is 6.28. The van der Waals surface area contributed by atoms with E-state index in [4.69, 9.17) is 5.73 Å². The summed E-state index contributed by atoms with van der Waals surface area (Å²) >= 11 is 0. The third-order valence-corrected chi connectivity index (χ3v) is 5.31. The minimum absolute atomic E-state index is 0.358. The van der Waals surface area contributed by atoms with Gasteiger partial charge in [-0.25, -0.2) is 0 Å². The largest absolute Gasteiger partial charge is 0.326 e. The minimum atomic E-state index is 0.358. The Morgan fingerprint density at radius 3 is 2.26 bits per heavy atom. The van der Waals surface area contributed by atoms with E-state index >= 15 is 0 Å². The van der Waals surface area contributed by atoms with Gasteiger partial charge in [-0.3, -0.25) is 0 Å². The van der Waals surface area contributed by atoms with Crippen LogP contribution in [0.3, 0.4) is 0 Å². The average Bonchev–Trinajstić information content (AvgIpc) is 2.48. The van der Waals surface area contributed by atoms with E-state index in [2.05, 4.69) is 23.6 Å². The quantitative estimate of drug-likeness (QED) is 0.829. The minimum Gasteiger partial charge on any atom is -0.326 e. The van der Waals surface area contributed by atoms with Gasteiger partial charge in [0.25, 0.3) is 0 Å². The van der Waals surface area contributed by atoms with Crippen molar-refractivity contribution in [1.82, 2.24) is 9.80 Å². The number of nitrogens with two attached hydrogens (primary N) is 1. The van der Waals surface area contributed by atoms with Crippen LogP contribution in [0.4, 0.5) is 0 Å². The van der Waals surface area contributed by atoms with Crippen molar-refractivity contribution in [3.63, 3.8) is 0 Å². The van der Waals surface area contributed by atoms with Gasteiger partial charge in [0.15, 0.2) is 0 Å². The van der Waals surface area contributed by atoms with Crippen molar-refractivity contribution in [3.8, 4) is 0 Å². The molecule has 0 aliphatic carbocycles. The molecule has 0 aromatic heterocycles. The van der Waals surface area contributed by atoms with Crippen LogP contribution in [0.15, 0.2) is 0 Å². The number of likely N-dealkylation sites (tertiary alicyclic amines) is 2. The van der Waals surface area contributed by atoms with Crippen molar-refractivity contribution in [1.29, 1.82) is 0 Å². The molecular weight excluding hydrogens is 234 g/mol. The van der Waals surface area contributed by atoms with Gasteiger partial charge in [-0.2, -0.15) is 0 Å². The molecule has 19 heavy (non-hydrogen) atoms. The fraction of sp³-hybridized carbons (Fsp3) is 1.00. The highest BCUT2D eigenvalue weighted by atomic mass is 15.2. The molecule has 0 amide bonds. The van der Waals surface area contributed by atoms with E-state index in [0.717, 1.165) is 12.6 Å². The highest BCUT2D eigenvalue weighted by Gasteiger charge is 2.26. The van der Waals surface area contributed by atoms with E-state index in [0.29, 0.717) is 12.0 Å². The van der Waals surface area contributed by atoms with E-state index in [9.17, 15) is 0 Å². The molecule has 3 heteroatoms. The van der Waals surface area contributed by atoms with Gasteiger partial charge in [-0.05, 0) is 57.8 Å². The Morgan fingerprint density at radius 2 is 1.68 bits per heavy atom. The molecule has 0 aromatic carbocycles. The summed E-state index contributed by atoms with van der Waals surface area (Å²) in [5, 5.41) is 0. The summed E-state index contributed by atoms with van der Waals surface area (Å²) in [4.78, 5) is 5.34. The van der Waals surface area contributed by atoms with Crippen molar-refractivity contribution in [2.75, 3.05) is 32.7 Å². The molecule has 112 valence electrons. The zero-order valence-electron chi connectivity index (χ0n) is 13.0. The van der Waals surface area contributed by atoms with Crippen LogP contribution >= 0.6 is 0 Å². The maximum atomic E-state index is 6.28. The molecule has 0 spiro atoms. The highest BCUT2D eigenvalue weighted by molar-refractivity contribution is 4.83. The molecular formula is C16H33N3. The van der Waals surface area contributed by atoms with Gasteiger partial charge in [0.1, 0.15) is 0 Å². The first kappa shape index (κ1) is 15.3. The molecule has 2 aliphatic heterocycles. The van der Waals surface area contributed by atoms with Gasteiger partial charge in [0.2, 0.25) is 0 Å². The molecule has 3 nitrogen and oxygen atoms in total. The summed E-state index contributed by atoms with van der Waals surface area (Å²) in [5.74, 6) is 0.653. The van der Waals surface area contributed by atoms with Crippen molar-refractivity contribution >= 4 is 0 Å². The van der Waals surface area contributed by atoms with Crippen LogP contribution in [0, 0.1) is 5.92 Å². The van der Waals surface area contributed by atoms with Crippen LogP contribution in [0.1, 0.15) is 52.4 Å². The topological polar surface area (TPSA) is 32.5 Å². The third-order valence-electron chi connectivity index (χ3n) is 5.31. The van der Waals surface area contributed by atoms with Crippen LogP contribution in [-0.2, 0) is 0 Å². The third kappa shape index (κ3) is 4.44. The van der Waals surface area contributed by atoms with Gasteiger partial charge >= 0.3 is 0 Å². The second-order valence-electron chi connectivity index (χ2n) is 6.68. The second kappa shape index (κ2) is 7.61.